The molecular formula is C14H12F2N2O2. The second kappa shape index (κ2) is 5.03. The lowest BCUT2D eigenvalue weighted by atomic mass is 9.93. The zero-order valence-corrected chi connectivity index (χ0v) is 10.5. The van der Waals surface area contributed by atoms with Gasteiger partial charge in [0.25, 0.3) is 5.91 Å². The number of hydrogen-bond donors (Lipinski definition) is 1. The van der Waals surface area contributed by atoms with Crippen LogP contribution >= 0.6 is 0 Å². The lowest BCUT2D eigenvalue weighted by Gasteiger charge is -2.25. The highest BCUT2D eigenvalue weighted by Crippen LogP contribution is 2.23. The van der Waals surface area contributed by atoms with Crippen molar-refractivity contribution in [2.45, 2.75) is 25.3 Å². The van der Waals surface area contributed by atoms with Gasteiger partial charge in [0, 0.05) is 17.7 Å². The molecule has 0 bridgehead atoms. The SMILES string of the molecule is O=C(NC1CCC1)c1cc(-c2ccc(F)c(F)c2)on1. The molecule has 3 rings (SSSR count). The molecule has 1 aliphatic carbocycles. The molecule has 1 heterocycles. The summed E-state index contributed by atoms with van der Waals surface area (Å²) in [4.78, 5) is 11.8. The number of carbonyl (C=O) groups excluding carboxylic acids is 1. The number of carbonyl (C=O) groups is 1. The zero-order valence-electron chi connectivity index (χ0n) is 10.5. The maximum Gasteiger partial charge on any atom is 0.273 e. The topological polar surface area (TPSA) is 55.1 Å². The molecule has 0 atom stereocenters. The average Bonchev–Trinajstić information content (AvgIpc) is 2.86. The van der Waals surface area contributed by atoms with E-state index in [0.717, 1.165) is 31.4 Å². The van der Waals surface area contributed by atoms with Crippen molar-refractivity contribution < 1.29 is 18.1 Å². The van der Waals surface area contributed by atoms with Gasteiger partial charge in [-0.2, -0.15) is 0 Å². The van der Waals surface area contributed by atoms with Gasteiger partial charge in [-0.1, -0.05) is 5.16 Å². The quantitative estimate of drug-likeness (QED) is 0.939. The molecule has 4 nitrogen and oxygen atoms in total. The van der Waals surface area contributed by atoms with E-state index >= 15 is 0 Å². The van der Waals surface area contributed by atoms with E-state index in [0.29, 0.717) is 5.56 Å². The summed E-state index contributed by atoms with van der Waals surface area (Å²) in [6.45, 7) is 0. The van der Waals surface area contributed by atoms with Crippen molar-refractivity contribution in [3.8, 4) is 11.3 Å². The van der Waals surface area contributed by atoms with Gasteiger partial charge in [-0.15, -0.1) is 0 Å². The van der Waals surface area contributed by atoms with E-state index in [1.54, 1.807) is 0 Å². The van der Waals surface area contributed by atoms with Crippen LogP contribution in [0.25, 0.3) is 11.3 Å². The second-order valence-corrected chi connectivity index (χ2v) is 4.81. The summed E-state index contributed by atoms with van der Waals surface area (Å²) in [6, 6.07) is 4.99. The molecule has 104 valence electrons. The maximum absolute atomic E-state index is 13.1. The van der Waals surface area contributed by atoms with Crippen molar-refractivity contribution in [2.24, 2.45) is 0 Å². The van der Waals surface area contributed by atoms with E-state index in [1.807, 2.05) is 0 Å². The van der Waals surface area contributed by atoms with Crippen molar-refractivity contribution >= 4 is 5.91 Å². The van der Waals surface area contributed by atoms with Crippen molar-refractivity contribution in [1.82, 2.24) is 10.5 Å². The van der Waals surface area contributed by atoms with Crippen LogP contribution in [0.4, 0.5) is 8.78 Å². The summed E-state index contributed by atoms with van der Waals surface area (Å²) < 4.78 is 31.0. The Morgan fingerprint density at radius 2 is 2.05 bits per heavy atom. The highest BCUT2D eigenvalue weighted by atomic mass is 19.2. The monoisotopic (exact) mass is 278 g/mol. The lowest BCUT2D eigenvalue weighted by molar-refractivity contribution is 0.0908. The Hall–Kier alpha value is -2.24. The zero-order chi connectivity index (χ0) is 14.1. The molecule has 0 unspecified atom stereocenters. The number of rotatable bonds is 3. The number of aromatic nitrogens is 1. The third-order valence-electron chi connectivity index (χ3n) is 3.39. The van der Waals surface area contributed by atoms with E-state index in [2.05, 4.69) is 10.5 Å². The van der Waals surface area contributed by atoms with Gasteiger partial charge in [-0.05, 0) is 37.5 Å². The van der Waals surface area contributed by atoms with Crippen LogP contribution in [0.1, 0.15) is 29.8 Å². The molecule has 1 aromatic carbocycles. The molecule has 1 N–H and O–H groups in total. The molecule has 1 aliphatic rings. The summed E-state index contributed by atoms with van der Waals surface area (Å²) in [5, 5.41) is 6.48. The summed E-state index contributed by atoms with van der Waals surface area (Å²) >= 11 is 0. The van der Waals surface area contributed by atoms with Crippen LogP contribution in [0.15, 0.2) is 28.8 Å². The molecule has 1 fully saturated rings. The minimum atomic E-state index is -0.973. The molecule has 6 heteroatoms. The number of halogens is 2. The smallest absolute Gasteiger partial charge is 0.273 e. The maximum atomic E-state index is 13.1. The van der Waals surface area contributed by atoms with E-state index in [9.17, 15) is 13.6 Å². The van der Waals surface area contributed by atoms with Crippen LogP contribution in [0, 0.1) is 11.6 Å². The van der Waals surface area contributed by atoms with E-state index in [-0.39, 0.29) is 23.4 Å². The summed E-state index contributed by atoms with van der Waals surface area (Å²) in [7, 11) is 0. The van der Waals surface area contributed by atoms with Crippen LogP contribution in [-0.4, -0.2) is 17.1 Å². The van der Waals surface area contributed by atoms with Gasteiger partial charge in [0.05, 0.1) is 0 Å². The first-order valence-electron chi connectivity index (χ1n) is 6.36. The Morgan fingerprint density at radius 3 is 2.70 bits per heavy atom. The fraction of sp³-hybridized carbons (Fsp3) is 0.286. The standard InChI is InChI=1S/C14H12F2N2O2/c15-10-5-4-8(6-11(10)16)13-7-12(18-20-13)14(19)17-9-2-1-3-9/h4-7,9H,1-3H2,(H,17,19). The summed E-state index contributed by atoms with van der Waals surface area (Å²) in [5.74, 6) is -1.99. The van der Waals surface area contributed by atoms with Crippen LogP contribution in [0.5, 0.6) is 0 Å². The fourth-order valence-corrected chi connectivity index (χ4v) is 1.98. The first-order chi connectivity index (χ1) is 9.63. The van der Waals surface area contributed by atoms with E-state index in [4.69, 9.17) is 4.52 Å². The van der Waals surface area contributed by atoms with E-state index < -0.39 is 11.6 Å². The first kappa shape index (κ1) is 12.8. The predicted molar refractivity (Wildman–Crippen MR) is 67.0 cm³/mol. The van der Waals surface area contributed by atoms with Crippen LogP contribution in [0.2, 0.25) is 0 Å². The van der Waals surface area contributed by atoms with Gasteiger partial charge in [0.15, 0.2) is 23.1 Å². The van der Waals surface area contributed by atoms with Crippen LogP contribution in [-0.2, 0) is 0 Å². The van der Waals surface area contributed by atoms with Gasteiger partial charge in [-0.25, -0.2) is 8.78 Å². The molecular weight excluding hydrogens is 266 g/mol. The van der Waals surface area contributed by atoms with Gasteiger partial charge >= 0.3 is 0 Å². The van der Waals surface area contributed by atoms with Gasteiger partial charge in [-0.3, -0.25) is 4.79 Å². The molecule has 1 saturated carbocycles. The Labute approximate surface area is 113 Å². The highest BCUT2D eigenvalue weighted by molar-refractivity contribution is 5.93. The minimum Gasteiger partial charge on any atom is -0.355 e. The third-order valence-corrected chi connectivity index (χ3v) is 3.39. The molecule has 0 radical (unpaired) electrons. The van der Waals surface area contributed by atoms with E-state index in [1.165, 1.54) is 12.1 Å². The lowest BCUT2D eigenvalue weighted by Crippen LogP contribution is -2.39. The largest absolute Gasteiger partial charge is 0.355 e. The average molecular weight is 278 g/mol. The van der Waals surface area contributed by atoms with Gasteiger partial charge in [0.2, 0.25) is 0 Å². The third kappa shape index (κ3) is 2.41. The second-order valence-electron chi connectivity index (χ2n) is 4.81. The number of hydrogen-bond acceptors (Lipinski definition) is 3. The van der Waals surface area contributed by atoms with Gasteiger partial charge < -0.3 is 9.84 Å². The number of nitrogens with zero attached hydrogens (tertiary/aromatic N) is 1. The van der Waals surface area contributed by atoms with Crippen molar-refractivity contribution in [1.29, 1.82) is 0 Å². The highest BCUT2D eigenvalue weighted by Gasteiger charge is 2.22. The first-order valence-corrected chi connectivity index (χ1v) is 6.36. The minimum absolute atomic E-state index is 0.136. The molecule has 1 aromatic heterocycles. The molecule has 0 aliphatic heterocycles. The van der Waals surface area contributed by atoms with Crippen LogP contribution < -0.4 is 5.32 Å². The summed E-state index contributed by atoms with van der Waals surface area (Å²) in [6.07, 6.45) is 3.06. The Bertz CT molecular complexity index is 650. The Balaban J connectivity index is 1.78. The number of benzene rings is 1. The normalized spacial score (nSPS) is 14.9. The molecule has 2 aromatic rings. The summed E-state index contributed by atoms with van der Waals surface area (Å²) in [5.41, 5.74) is 0.468. The van der Waals surface area contributed by atoms with Gasteiger partial charge in [0.1, 0.15) is 0 Å². The number of nitrogens with one attached hydrogen (secondary N) is 1. The molecule has 0 saturated heterocycles. The molecule has 20 heavy (non-hydrogen) atoms. The predicted octanol–water partition coefficient (Wildman–Crippen LogP) is 2.90. The van der Waals surface area contributed by atoms with Crippen LogP contribution in [0.3, 0.4) is 0 Å². The Morgan fingerprint density at radius 1 is 1.25 bits per heavy atom. The number of amides is 1. The van der Waals surface area contributed by atoms with Crippen molar-refractivity contribution in [2.75, 3.05) is 0 Å². The molecule has 1 amide bonds. The Kier molecular flexibility index (Phi) is 3.22. The van der Waals surface area contributed by atoms with Crippen molar-refractivity contribution in [3.05, 3.63) is 41.6 Å². The fourth-order valence-electron chi connectivity index (χ4n) is 1.98. The molecule has 0 spiro atoms. The van der Waals surface area contributed by atoms with Crippen molar-refractivity contribution in [3.63, 3.8) is 0 Å².